The molecule has 1 saturated carbocycles. The van der Waals surface area contributed by atoms with Crippen LogP contribution in [0.5, 0.6) is 0 Å². The Morgan fingerprint density at radius 2 is 2.04 bits per heavy atom. The van der Waals surface area contributed by atoms with Crippen molar-refractivity contribution < 1.29 is 19.2 Å². The van der Waals surface area contributed by atoms with Gasteiger partial charge in [0.25, 0.3) is 11.6 Å². The molecule has 144 valence electrons. The fourth-order valence-electron chi connectivity index (χ4n) is 3.34. The summed E-state index contributed by atoms with van der Waals surface area (Å²) in [6.07, 6.45) is 2.44. The lowest BCUT2D eigenvalue weighted by Gasteiger charge is -2.14. The van der Waals surface area contributed by atoms with Crippen molar-refractivity contribution in [2.24, 2.45) is 5.92 Å². The van der Waals surface area contributed by atoms with Gasteiger partial charge in [0.2, 0.25) is 0 Å². The van der Waals surface area contributed by atoms with E-state index in [1.165, 1.54) is 0 Å². The molecule has 1 atom stereocenters. The van der Waals surface area contributed by atoms with Crippen LogP contribution in [-0.2, 0) is 11.2 Å². The SMILES string of the molecule is Cc1noc2nc(C3CC3)cc(C(=O)NCC(Cc3ccccc3)C(=O)O)c12. The van der Waals surface area contributed by atoms with Crippen LogP contribution in [-0.4, -0.2) is 33.7 Å². The van der Waals surface area contributed by atoms with E-state index in [1.807, 2.05) is 30.3 Å². The largest absolute Gasteiger partial charge is 0.481 e. The lowest BCUT2D eigenvalue weighted by atomic mass is 9.99. The molecular formula is C21H21N3O4. The van der Waals surface area contributed by atoms with Gasteiger partial charge in [-0.25, -0.2) is 4.98 Å². The fraction of sp³-hybridized carbons (Fsp3) is 0.333. The molecule has 1 amide bonds. The molecule has 0 radical (unpaired) electrons. The number of carboxylic acids is 1. The highest BCUT2D eigenvalue weighted by molar-refractivity contribution is 6.06. The molecule has 2 aromatic heterocycles. The van der Waals surface area contributed by atoms with Crippen molar-refractivity contribution in [2.45, 2.75) is 32.1 Å². The minimum atomic E-state index is -0.941. The number of aryl methyl sites for hydroxylation is 1. The molecular weight excluding hydrogens is 358 g/mol. The molecule has 7 nitrogen and oxygen atoms in total. The average molecular weight is 379 g/mol. The first-order valence-electron chi connectivity index (χ1n) is 9.34. The van der Waals surface area contributed by atoms with Crippen LogP contribution in [0, 0.1) is 12.8 Å². The molecule has 1 fully saturated rings. The topological polar surface area (TPSA) is 105 Å². The number of nitrogens with one attached hydrogen (secondary N) is 1. The lowest BCUT2D eigenvalue weighted by molar-refractivity contribution is -0.141. The van der Waals surface area contributed by atoms with Gasteiger partial charge >= 0.3 is 5.97 Å². The predicted octanol–water partition coefficient (Wildman–Crippen LogP) is 3.08. The van der Waals surface area contributed by atoms with Crippen LogP contribution in [0.2, 0.25) is 0 Å². The summed E-state index contributed by atoms with van der Waals surface area (Å²) < 4.78 is 5.27. The Hall–Kier alpha value is -3.22. The van der Waals surface area contributed by atoms with Gasteiger partial charge in [-0.3, -0.25) is 9.59 Å². The molecule has 28 heavy (non-hydrogen) atoms. The third-order valence-corrected chi connectivity index (χ3v) is 5.06. The Bertz CT molecular complexity index is 1020. The Kier molecular flexibility index (Phi) is 4.81. The van der Waals surface area contributed by atoms with E-state index in [4.69, 9.17) is 4.52 Å². The van der Waals surface area contributed by atoms with Gasteiger partial charge in [0.15, 0.2) is 0 Å². The lowest BCUT2D eigenvalue weighted by Crippen LogP contribution is -2.34. The number of pyridine rings is 1. The molecule has 3 aromatic rings. The molecule has 7 heteroatoms. The highest BCUT2D eigenvalue weighted by atomic mass is 16.5. The number of benzene rings is 1. The Morgan fingerprint density at radius 1 is 1.29 bits per heavy atom. The number of aliphatic carboxylic acids is 1. The van der Waals surface area contributed by atoms with Crippen LogP contribution in [0.4, 0.5) is 0 Å². The normalized spacial score (nSPS) is 14.8. The van der Waals surface area contributed by atoms with Crippen molar-refractivity contribution in [3.05, 3.63) is 58.9 Å². The van der Waals surface area contributed by atoms with E-state index in [1.54, 1.807) is 13.0 Å². The summed E-state index contributed by atoms with van der Waals surface area (Å²) in [6, 6.07) is 11.2. The molecule has 1 aliphatic carbocycles. The number of amides is 1. The Morgan fingerprint density at radius 3 is 2.71 bits per heavy atom. The van der Waals surface area contributed by atoms with E-state index in [0.29, 0.717) is 34.7 Å². The number of aromatic nitrogens is 2. The predicted molar refractivity (Wildman–Crippen MR) is 102 cm³/mol. The summed E-state index contributed by atoms with van der Waals surface area (Å²) >= 11 is 0. The third kappa shape index (κ3) is 3.74. The summed E-state index contributed by atoms with van der Waals surface area (Å²) in [6.45, 7) is 1.80. The number of nitrogens with zero attached hydrogens (tertiary/aromatic N) is 2. The van der Waals surface area contributed by atoms with E-state index in [0.717, 1.165) is 24.1 Å². The first kappa shape index (κ1) is 18.2. The van der Waals surface area contributed by atoms with Gasteiger partial charge in [0.1, 0.15) is 0 Å². The van der Waals surface area contributed by atoms with Gasteiger partial charge < -0.3 is 14.9 Å². The number of carbonyl (C=O) groups excluding carboxylic acids is 1. The number of hydrogen-bond acceptors (Lipinski definition) is 5. The molecule has 2 N–H and O–H groups in total. The number of carboxylic acid groups (broad SMARTS) is 1. The standard InChI is InChI=1S/C21H21N3O4/c1-12-18-16(10-17(14-7-8-14)23-20(18)28-24-12)19(25)22-11-15(21(26)27)9-13-5-3-2-4-6-13/h2-6,10,14-15H,7-9,11H2,1H3,(H,22,25)(H,26,27). The number of carbonyl (C=O) groups is 2. The van der Waals surface area contributed by atoms with Gasteiger partial charge in [-0.2, -0.15) is 0 Å². The van der Waals surface area contributed by atoms with Crippen molar-refractivity contribution in [1.29, 1.82) is 0 Å². The zero-order valence-corrected chi connectivity index (χ0v) is 15.5. The quantitative estimate of drug-likeness (QED) is 0.654. The molecule has 4 rings (SSSR count). The maximum atomic E-state index is 12.9. The fourth-order valence-corrected chi connectivity index (χ4v) is 3.34. The summed E-state index contributed by atoms with van der Waals surface area (Å²) in [4.78, 5) is 29.0. The number of fused-ring (bicyclic) bond motifs is 1. The van der Waals surface area contributed by atoms with Crippen molar-refractivity contribution in [3.63, 3.8) is 0 Å². The van der Waals surface area contributed by atoms with E-state index in [-0.39, 0.29) is 12.5 Å². The van der Waals surface area contributed by atoms with E-state index < -0.39 is 11.9 Å². The number of hydrogen-bond donors (Lipinski definition) is 2. The second kappa shape index (κ2) is 7.42. The van der Waals surface area contributed by atoms with Crippen molar-refractivity contribution in [2.75, 3.05) is 6.54 Å². The Labute approximate surface area is 161 Å². The number of rotatable bonds is 7. The summed E-state index contributed by atoms with van der Waals surface area (Å²) in [7, 11) is 0. The van der Waals surface area contributed by atoms with Crippen LogP contribution < -0.4 is 5.32 Å². The van der Waals surface area contributed by atoms with Crippen LogP contribution in [0.1, 0.15) is 46.1 Å². The van der Waals surface area contributed by atoms with Crippen LogP contribution in [0.15, 0.2) is 40.9 Å². The monoisotopic (exact) mass is 379 g/mol. The van der Waals surface area contributed by atoms with Gasteiger partial charge in [-0.05, 0) is 37.8 Å². The average Bonchev–Trinajstić information content (AvgIpc) is 3.48. The molecule has 0 bridgehead atoms. The highest BCUT2D eigenvalue weighted by Gasteiger charge is 2.29. The van der Waals surface area contributed by atoms with Gasteiger partial charge in [0, 0.05) is 18.2 Å². The van der Waals surface area contributed by atoms with Crippen LogP contribution in [0.3, 0.4) is 0 Å². The van der Waals surface area contributed by atoms with Gasteiger partial charge in [0.05, 0.1) is 22.6 Å². The zero-order valence-electron chi connectivity index (χ0n) is 15.5. The molecule has 1 aromatic carbocycles. The zero-order chi connectivity index (χ0) is 19.7. The highest BCUT2D eigenvalue weighted by Crippen LogP contribution is 2.40. The molecule has 2 heterocycles. The summed E-state index contributed by atoms with van der Waals surface area (Å²) in [5.41, 5.74) is 3.13. The van der Waals surface area contributed by atoms with Gasteiger partial charge in [-0.15, -0.1) is 0 Å². The molecule has 0 spiro atoms. The van der Waals surface area contributed by atoms with Gasteiger partial charge in [-0.1, -0.05) is 35.5 Å². The minimum Gasteiger partial charge on any atom is -0.481 e. The van der Waals surface area contributed by atoms with Crippen LogP contribution >= 0.6 is 0 Å². The first-order chi connectivity index (χ1) is 13.5. The minimum absolute atomic E-state index is 0.0377. The molecule has 1 unspecified atom stereocenters. The molecule has 0 aliphatic heterocycles. The Balaban J connectivity index is 1.54. The molecule has 1 aliphatic rings. The third-order valence-electron chi connectivity index (χ3n) is 5.06. The van der Waals surface area contributed by atoms with E-state index >= 15 is 0 Å². The second-order valence-corrected chi connectivity index (χ2v) is 7.25. The maximum absolute atomic E-state index is 12.9. The second-order valence-electron chi connectivity index (χ2n) is 7.25. The summed E-state index contributed by atoms with van der Waals surface area (Å²) in [5.74, 6) is -1.63. The molecule has 0 saturated heterocycles. The smallest absolute Gasteiger partial charge is 0.308 e. The van der Waals surface area contributed by atoms with Crippen molar-refractivity contribution in [3.8, 4) is 0 Å². The van der Waals surface area contributed by atoms with E-state index in [2.05, 4.69) is 15.5 Å². The van der Waals surface area contributed by atoms with Crippen molar-refractivity contribution in [1.82, 2.24) is 15.5 Å². The summed E-state index contributed by atoms with van der Waals surface area (Å²) in [5, 5.41) is 16.8. The van der Waals surface area contributed by atoms with E-state index in [9.17, 15) is 14.7 Å². The first-order valence-corrected chi connectivity index (χ1v) is 9.34. The van der Waals surface area contributed by atoms with Crippen molar-refractivity contribution >= 4 is 23.0 Å². The van der Waals surface area contributed by atoms with Crippen LogP contribution in [0.25, 0.3) is 11.1 Å². The maximum Gasteiger partial charge on any atom is 0.308 e.